The van der Waals surface area contributed by atoms with Crippen LogP contribution in [0.4, 0.5) is 13.2 Å². The van der Waals surface area contributed by atoms with Crippen molar-refractivity contribution in [1.82, 2.24) is 9.29 Å². The van der Waals surface area contributed by atoms with Gasteiger partial charge in [0.15, 0.2) is 8.68 Å². The minimum atomic E-state index is -4.61. The highest BCUT2D eigenvalue weighted by atomic mass is 35.5. The lowest BCUT2D eigenvalue weighted by Crippen LogP contribution is -2.42. The van der Waals surface area contributed by atoms with Crippen molar-refractivity contribution in [2.24, 2.45) is 0 Å². The lowest BCUT2D eigenvalue weighted by molar-refractivity contribution is -0.138. The average Bonchev–Trinajstić information content (AvgIpc) is 2.60. The molecule has 0 unspecified atom stereocenters. The average molecular weight is 323 g/mol. The van der Waals surface area contributed by atoms with E-state index in [1.807, 2.05) is 0 Å². The van der Waals surface area contributed by atoms with Crippen LogP contribution in [0.3, 0.4) is 0 Å². The highest BCUT2D eigenvalue weighted by molar-refractivity contribution is 7.91. The molecule has 0 saturated heterocycles. The Hall–Kier alpha value is -0.380. The molecule has 1 aromatic heterocycles. The fourth-order valence-corrected chi connectivity index (χ4v) is 4.24. The highest BCUT2D eigenvalue weighted by Crippen LogP contribution is 2.29. The van der Waals surface area contributed by atoms with E-state index >= 15 is 0 Å². The normalized spacial score (nSPS) is 13.6. The summed E-state index contributed by atoms with van der Waals surface area (Å²) in [4.78, 5) is 3.52. The van der Waals surface area contributed by atoms with Gasteiger partial charge < -0.3 is 0 Å². The largest absolute Gasteiger partial charge is 0.402 e. The van der Waals surface area contributed by atoms with Crippen molar-refractivity contribution >= 4 is 33.0 Å². The summed E-state index contributed by atoms with van der Waals surface area (Å²) in [5.41, 5.74) is 0. The summed E-state index contributed by atoms with van der Waals surface area (Å²) in [6.07, 6.45) is -3.65. The van der Waals surface area contributed by atoms with Crippen LogP contribution in [0.15, 0.2) is 10.4 Å². The Morgan fingerprint density at radius 3 is 2.39 bits per heavy atom. The molecule has 4 nitrogen and oxygen atoms in total. The fraction of sp³-hybridized carbons (Fsp3) is 0.625. The predicted octanol–water partition coefficient (Wildman–Crippen LogP) is 2.76. The molecular formula is C8H10ClF3N2O2S2. The summed E-state index contributed by atoms with van der Waals surface area (Å²) in [5, 5.41) is 0. The first kappa shape index (κ1) is 15.7. The number of alkyl halides is 3. The van der Waals surface area contributed by atoms with E-state index < -0.39 is 28.8 Å². The molecule has 1 rings (SSSR count). The Kier molecular flexibility index (Phi) is 4.63. The molecule has 0 spiro atoms. The first-order chi connectivity index (χ1) is 8.04. The molecule has 0 aliphatic carbocycles. The topological polar surface area (TPSA) is 50.3 Å². The number of halogens is 4. The second-order valence-electron chi connectivity index (χ2n) is 3.69. The van der Waals surface area contributed by atoms with Crippen molar-refractivity contribution < 1.29 is 21.6 Å². The third-order valence-corrected chi connectivity index (χ3v) is 5.50. The maximum atomic E-state index is 12.4. The van der Waals surface area contributed by atoms with Gasteiger partial charge >= 0.3 is 6.18 Å². The van der Waals surface area contributed by atoms with Gasteiger partial charge in [0.2, 0.25) is 0 Å². The van der Waals surface area contributed by atoms with Crippen LogP contribution in [0.1, 0.15) is 13.8 Å². The van der Waals surface area contributed by atoms with Crippen molar-refractivity contribution in [2.45, 2.75) is 30.3 Å². The molecule has 0 fully saturated rings. The summed E-state index contributed by atoms with van der Waals surface area (Å²) < 4.78 is 61.2. The molecule has 10 heteroatoms. The lowest BCUT2D eigenvalue weighted by atomic mass is 10.4. The monoisotopic (exact) mass is 322 g/mol. The third-order valence-electron chi connectivity index (χ3n) is 1.93. The van der Waals surface area contributed by atoms with E-state index in [0.717, 1.165) is 6.20 Å². The van der Waals surface area contributed by atoms with Crippen molar-refractivity contribution in [1.29, 1.82) is 0 Å². The molecule has 0 aromatic carbocycles. The van der Waals surface area contributed by atoms with Crippen molar-refractivity contribution in [2.75, 3.05) is 6.54 Å². The molecular weight excluding hydrogens is 313 g/mol. The SMILES string of the molecule is CC(C)N(CC(F)(F)F)S(=O)(=O)c1cnc(Cl)s1. The van der Waals surface area contributed by atoms with Crippen LogP contribution >= 0.6 is 22.9 Å². The van der Waals surface area contributed by atoms with Crippen LogP contribution in [-0.2, 0) is 10.0 Å². The molecule has 0 aliphatic heterocycles. The van der Waals surface area contributed by atoms with Crippen molar-refractivity contribution in [3.05, 3.63) is 10.7 Å². The minimum Gasteiger partial charge on any atom is -0.232 e. The summed E-state index contributed by atoms with van der Waals surface area (Å²) in [7, 11) is -4.23. The van der Waals surface area contributed by atoms with Gasteiger partial charge in [-0.05, 0) is 13.8 Å². The molecule has 0 aliphatic rings. The highest BCUT2D eigenvalue weighted by Gasteiger charge is 2.39. The van der Waals surface area contributed by atoms with Crippen LogP contribution in [0.5, 0.6) is 0 Å². The van der Waals surface area contributed by atoms with E-state index in [-0.39, 0.29) is 8.68 Å². The molecule has 0 saturated carbocycles. The zero-order chi connectivity index (χ0) is 14.1. The van der Waals surface area contributed by atoms with Gasteiger partial charge in [-0.3, -0.25) is 0 Å². The van der Waals surface area contributed by atoms with Crippen LogP contribution in [0.2, 0.25) is 4.47 Å². The number of aromatic nitrogens is 1. The minimum absolute atomic E-state index is 0.0377. The van der Waals surface area contributed by atoms with Gasteiger partial charge in [-0.2, -0.15) is 17.5 Å². The second kappa shape index (κ2) is 5.32. The zero-order valence-electron chi connectivity index (χ0n) is 9.40. The first-order valence-electron chi connectivity index (χ1n) is 4.74. The number of rotatable bonds is 4. The number of hydrogen-bond acceptors (Lipinski definition) is 4. The third kappa shape index (κ3) is 3.81. The van der Waals surface area contributed by atoms with Crippen LogP contribution in [-0.4, -0.2) is 36.5 Å². The standard InChI is InChI=1S/C8H10ClF3N2O2S2/c1-5(2)14(4-8(10,11)12)18(15,16)6-3-13-7(9)17-6/h3,5H,4H2,1-2H3. The maximum absolute atomic E-state index is 12.4. The predicted molar refractivity (Wildman–Crippen MR) is 62.2 cm³/mol. The van der Waals surface area contributed by atoms with Gasteiger partial charge in [0.1, 0.15) is 6.54 Å². The van der Waals surface area contributed by atoms with Gasteiger partial charge in [-0.25, -0.2) is 13.4 Å². The number of sulfonamides is 1. The maximum Gasteiger partial charge on any atom is 0.402 e. The quantitative estimate of drug-likeness (QED) is 0.856. The second-order valence-corrected chi connectivity index (χ2v) is 7.42. The van der Waals surface area contributed by atoms with Gasteiger partial charge in [0, 0.05) is 6.04 Å². The van der Waals surface area contributed by atoms with Gasteiger partial charge in [0.05, 0.1) is 6.20 Å². The molecule has 0 bridgehead atoms. The first-order valence-corrected chi connectivity index (χ1v) is 7.37. The van der Waals surface area contributed by atoms with E-state index in [4.69, 9.17) is 11.6 Å². The van der Waals surface area contributed by atoms with E-state index in [1.54, 1.807) is 0 Å². The summed E-state index contributed by atoms with van der Waals surface area (Å²) >= 11 is 6.11. The van der Waals surface area contributed by atoms with Gasteiger partial charge in [-0.1, -0.05) is 22.9 Å². The number of nitrogens with zero attached hydrogens (tertiary/aromatic N) is 2. The smallest absolute Gasteiger partial charge is 0.232 e. The van der Waals surface area contributed by atoms with Gasteiger partial charge in [0.25, 0.3) is 10.0 Å². The zero-order valence-corrected chi connectivity index (χ0v) is 11.8. The van der Waals surface area contributed by atoms with Crippen LogP contribution in [0.25, 0.3) is 0 Å². The summed E-state index contributed by atoms with van der Waals surface area (Å²) in [6, 6.07) is -0.822. The Labute approximate surface area is 111 Å². The Bertz CT molecular complexity index is 513. The molecule has 0 atom stereocenters. The Balaban J connectivity index is 3.13. The van der Waals surface area contributed by atoms with Crippen molar-refractivity contribution in [3.63, 3.8) is 0 Å². The Morgan fingerprint density at radius 1 is 1.50 bits per heavy atom. The van der Waals surface area contributed by atoms with E-state index in [1.165, 1.54) is 13.8 Å². The number of hydrogen-bond donors (Lipinski definition) is 0. The van der Waals surface area contributed by atoms with E-state index in [2.05, 4.69) is 4.98 Å². The lowest BCUT2D eigenvalue weighted by Gasteiger charge is -2.25. The fourth-order valence-electron chi connectivity index (χ4n) is 1.20. The van der Waals surface area contributed by atoms with Crippen LogP contribution in [0, 0.1) is 0 Å². The molecule has 18 heavy (non-hydrogen) atoms. The van der Waals surface area contributed by atoms with Gasteiger partial charge in [-0.15, -0.1) is 0 Å². The molecule has 1 aromatic rings. The number of thiazole rings is 1. The van der Waals surface area contributed by atoms with Crippen molar-refractivity contribution in [3.8, 4) is 0 Å². The molecule has 1 heterocycles. The molecule has 0 radical (unpaired) electrons. The molecule has 0 amide bonds. The van der Waals surface area contributed by atoms with Crippen LogP contribution < -0.4 is 0 Å². The van der Waals surface area contributed by atoms with E-state index in [0.29, 0.717) is 15.6 Å². The Morgan fingerprint density at radius 2 is 2.06 bits per heavy atom. The molecule has 0 N–H and O–H groups in total. The molecule has 104 valence electrons. The van der Waals surface area contributed by atoms with E-state index in [9.17, 15) is 21.6 Å². The summed E-state index contributed by atoms with van der Waals surface area (Å²) in [6.45, 7) is 1.19. The summed E-state index contributed by atoms with van der Waals surface area (Å²) in [5.74, 6) is 0.